The standard InChI is InChI=1S/C17H18FN3O7/c1-2-12(27-15(23)14(19)22)13-8-21(17(25)28-13)9-3-4-11(10(18)7-9)20-5-6-26-16(20)24/h3-4,7,12-13H,2,5-6,8H2,1H3,(H2,19,22). The zero-order chi connectivity index (χ0) is 20.4. The summed E-state index contributed by atoms with van der Waals surface area (Å²) in [5, 5.41) is 0. The molecule has 2 aliphatic rings. The zero-order valence-corrected chi connectivity index (χ0v) is 14.9. The van der Waals surface area contributed by atoms with Crippen LogP contribution in [0.1, 0.15) is 13.3 Å². The van der Waals surface area contributed by atoms with Crippen LogP contribution in [0.2, 0.25) is 0 Å². The lowest BCUT2D eigenvalue weighted by Gasteiger charge is -2.20. The zero-order valence-electron chi connectivity index (χ0n) is 14.9. The molecule has 11 heteroatoms. The smallest absolute Gasteiger partial charge is 0.414 e. The highest BCUT2D eigenvalue weighted by atomic mass is 19.1. The van der Waals surface area contributed by atoms with Crippen molar-refractivity contribution in [2.24, 2.45) is 5.73 Å². The summed E-state index contributed by atoms with van der Waals surface area (Å²) in [5.74, 6) is -3.19. The van der Waals surface area contributed by atoms with Crippen LogP contribution < -0.4 is 15.5 Å². The summed E-state index contributed by atoms with van der Waals surface area (Å²) in [5.41, 5.74) is 5.11. The van der Waals surface area contributed by atoms with Crippen molar-refractivity contribution >= 4 is 35.4 Å². The van der Waals surface area contributed by atoms with Crippen LogP contribution in [0, 0.1) is 5.82 Å². The van der Waals surface area contributed by atoms with Crippen molar-refractivity contribution in [3.05, 3.63) is 24.0 Å². The Hall–Kier alpha value is -3.37. The van der Waals surface area contributed by atoms with E-state index in [-0.39, 0.29) is 37.5 Å². The van der Waals surface area contributed by atoms with Crippen molar-refractivity contribution in [2.75, 3.05) is 29.5 Å². The molecular weight excluding hydrogens is 377 g/mol. The average molecular weight is 395 g/mol. The molecule has 0 bridgehead atoms. The monoisotopic (exact) mass is 395 g/mol. The first-order chi connectivity index (χ1) is 13.3. The van der Waals surface area contributed by atoms with Crippen molar-refractivity contribution < 1.29 is 37.8 Å². The van der Waals surface area contributed by atoms with Gasteiger partial charge in [-0.2, -0.15) is 0 Å². The molecule has 2 unspecified atom stereocenters. The summed E-state index contributed by atoms with van der Waals surface area (Å²) < 4.78 is 29.4. The SMILES string of the molecule is CCC(OC(=O)C(N)=O)C1CN(c2ccc(N3CCOC3=O)c(F)c2)C(=O)O1. The number of cyclic esters (lactones) is 2. The Morgan fingerprint density at radius 1 is 1.32 bits per heavy atom. The molecule has 2 aliphatic heterocycles. The van der Waals surface area contributed by atoms with Crippen molar-refractivity contribution in [1.82, 2.24) is 0 Å². The fourth-order valence-corrected chi connectivity index (χ4v) is 3.00. The molecule has 0 spiro atoms. The second-order valence-corrected chi connectivity index (χ2v) is 6.15. The van der Waals surface area contributed by atoms with Gasteiger partial charge in [-0.1, -0.05) is 6.92 Å². The number of anilines is 2. The molecule has 2 atom stereocenters. The molecule has 1 aromatic rings. The van der Waals surface area contributed by atoms with Crippen molar-refractivity contribution in [2.45, 2.75) is 25.6 Å². The number of rotatable bonds is 5. The Kier molecular flexibility index (Phi) is 5.34. The lowest BCUT2D eigenvalue weighted by atomic mass is 10.1. The fraction of sp³-hybridized carbons (Fsp3) is 0.412. The van der Waals surface area contributed by atoms with Gasteiger partial charge in [-0.25, -0.2) is 18.8 Å². The quantitative estimate of drug-likeness (QED) is 0.446. The Morgan fingerprint density at radius 3 is 2.64 bits per heavy atom. The van der Waals surface area contributed by atoms with Crippen molar-refractivity contribution in [3.8, 4) is 0 Å². The summed E-state index contributed by atoms with van der Waals surface area (Å²) in [6, 6.07) is 3.92. The maximum absolute atomic E-state index is 14.5. The number of ether oxygens (including phenoxy) is 3. The first kappa shape index (κ1) is 19.4. The normalized spacial score (nSPS) is 20.0. The summed E-state index contributed by atoms with van der Waals surface area (Å²) in [6.45, 7) is 2.06. The third kappa shape index (κ3) is 3.68. The molecule has 3 rings (SSSR count). The van der Waals surface area contributed by atoms with E-state index in [0.29, 0.717) is 0 Å². The number of carbonyl (C=O) groups is 4. The van der Waals surface area contributed by atoms with E-state index in [0.717, 1.165) is 11.0 Å². The predicted octanol–water partition coefficient (Wildman–Crippen LogP) is 0.915. The average Bonchev–Trinajstić information content (AvgIpc) is 3.25. The molecule has 28 heavy (non-hydrogen) atoms. The van der Waals surface area contributed by atoms with Crippen LogP contribution in [-0.2, 0) is 23.8 Å². The molecule has 150 valence electrons. The molecule has 1 aromatic carbocycles. The summed E-state index contributed by atoms with van der Waals surface area (Å²) in [6.07, 6.45) is -2.86. The number of hydrogen-bond acceptors (Lipinski definition) is 7. The number of hydrogen-bond donors (Lipinski definition) is 1. The van der Waals surface area contributed by atoms with Gasteiger partial charge in [0.05, 0.1) is 24.5 Å². The highest BCUT2D eigenvalue weighted by Crippen LogP contribution is 2.30. The van der Waals surface area contributed by atoms with Crippen LogP contribution in [0.3, 0.4) is 0 Å². The first-order valence-electron chi connectivity index (χ1n) is 8.54. The van der Waals surface area contributed by atoms with E-state index in [9.17, 15) is 23.6 Å². The van der Waals surface area contributed by atoms with Gasteiger partial charge in [0.15, 0.2) is 6.10 Å². The minimum atomic E-state index is -1.25. The van der Waals surface area contributed by atoms with Gasteiger partial charge in [0, 0.05) is 0 Å². The Morgan fingerprint density at radius 2 is 2.07 bits per heavy atom. The van der Waals surface area contributed by atoms with Crippen LogP contribution in [0.15, 0.2) is 18.2 Å². The highest BCUT2D eigenvalue weighted by Gasteiger charge is 2.39. The maximum atomic E-state index is 14.5. The second kappa shape index (κ2) is 7.71. The van der Waals surface area contributed by atoms with Gasteiger partial charge in [-0.3, -0.25) is 14.6 Å². The van der Waals surface area contributed by atoms with E-state index in [1.54, 1.807) is 6.92 Å². The van der Waals surface area contributed by atoms with Gasteiger partial charge in [0.2, 0.25) is 0 Å². The van der Waals surface area contributed by atoms with Crippen LogP contribution in [0.25, 0.3) is 0 Å². The van der Waals surface area contributed by atoms with E-state index >= 15 is 0 Å². The van der Waals surface area contributed by atoms with Crippen LogP contribution in [0.5, 0.6) is 0 Å². The molecular formula is C17H18FN3O7. The van der Waals surface area contributed by atoms with Gasteiger partial charge < -0.3 is 19.9 Å². The summed E-state index contributed by atoms with van der Waals surface area (Å²) in [4.78, 5) is 48.4. The maximum Gasteiger partial charge on any atom is 0.414 e. The van der Waals surface area contributed by atoms with Gasteiger partial charge >= 0.3 is 24.1 Å². The van der Waals surface area contributed by atoms with E-state index in [1.165, 1.54) is 17.0 Å². The molecule has 0 radical (unpaired) electrons. The van der Waals surface area contributed by atoms with Gasteiger partial charge in [-0.15, -0.1) is 0 Å². The lowest BCUT2D eigenvalue weighted by molar-refractivity contribution is -0.161. The molecule has 0 aromatic heterocycles. The third-order valence-electron chi connectivity index (χ3n) is 4.41. The molecule has 3 amide bonds. The molecule has 10 nitrogen and oxygen atoms in total. The van der Waals surface area contributed by atoms with Gasteiger partial charge in [-0.05, 0) is 24.6 Å². The summed E-state index contributed by atoms with van der Waals surface area (Å²) >= 11 is 0. The largest absolute Gasteiger partial charge is 0.451 e. The predicted molar refractivity (Wildman–Crippen MR) is 92.1 cm³/mol. The first-order valence-corrected chi connectivity index (χ1v) is 8.54. The number of esters is 1. The second-order valence-electron chi connectivity index (χ2n) is 6.15. The number of amides is 3. The molecule has 2 heterocycles. The number of primary amides is 1. The van der Waals surface area contributed by atoms with Crippen LogP contribution in [-0.4, -0.2) is 56.0 Å². The molecule has 0 saturated carbocycles. The molecule has 0 aliphatic carbocycles. The van der Waals surface area contributed by atoms with Crippen LogP contribution in [0.4, 0.5) is 25.4 Å². The lowest BCUT2D eigenvalue weighted by Crippen LogP contribution is -2.38. The number of benzene rings is 1. The highest BCUT2D eigenvalue weighted by molar-refractivity contribution is 6.31. The Balaban J connectivity index is 1.74. The third-order valence-corrected chi connectivity index (χ3v) is 4.41. The van der Waals surface area contributed by atoms with Gasteiger partial charge in [0.1, 0.15) is 18.5 Å². The number of carbonyl (C=O) groups excluding carboxylic acids is 4. The van der Waals surface area contributed by atoms with E-state index in [1.807, 2.05) is 0 Å². The number of nitrogens with zero attached hydrogens (tertiary/aromatic N) is 2. The molecule has 2 saturated heterocycles. The Labute approximate surface area is 158 Å². The molecule has 2 fully saturated rings. The van der Waals surface area contributed by atoms with Crippen molar-refractivity contribution in [1.29, 1.82) is 0 Å². The topological polar surface area (TPSA) is 128 Å². The van der Waals surface area contributed by atoms with Gasteiger partial charge in [0.25, 0.3) is 0 Å². The van der Waals surface area contributed by atoms with Crippen molar-refractivity contribution in [3.63, 3.8) is 0 Å². The van der Waals surface area contributed by atoms with E-state index < -0.39 is 42.1 Å². The summed E-state index contributed by atoms with van der Waals surface area (Å²) in [7, 11) is 0. The molecule has 2 N–H and O–H groups in total. The number of nitrogens with two attached hydrogens (primary N) is 1. The fourth-order valence-electron chi connectivity index (χ4n) is 3.00. The minimum Gasteiger partial charge on any atom is -0.451 e. The number of halogens is 1. The van der Waals surface area contributed by atoms with Crippen LogP contribution >= 0.6 is 0 Å². The minimum absolute atomic E-state index is 0.0199. The van der Waals surface area contributed by atoms with E-state index in [4.69, 9.17) is 19.9 Å². The Bertz CT molecular complexity index is 831. The van der Waals surface area contributed by atoms with E-state index in [2.05, 4.69) is 0 Å².